The molecule has 3 aromatic carbocycles. The maximum atomic E-state index is 15.3. The molecule has 6 heterocycles. The molecule has 3 saturated heterocycles. The molecule has 0 radical (unpaired) electrons. The van der Waals surface area contributed by atoms with Crippen molar-refractivity contribution < 1.29 is 41.8 Å². The zero-order valence-corrected chi connectivity index (χ0v) is 42.5. The van der Waals surface area contributed by atoms with Gasteiger partial charge in [-0.1, -0.05) is 32.0 Å². The van der Waals surface area contributed by atoms with Crippen LogP contribution in [-0.4, -0.2) is 111 Å². The summed E-state index contributed by atoms with van der Waals surface area (Å²) in [5.74, 6) is -0.157. The number of fused-ring (bicyclic) bond motifs is 3. The fourth-order valence-corrected chi connectivity index (χ4v) is 13.6. The lowest BCUT2D eigenvalue weighted by Gasteiger charge is -2.57. The van der Waals surface area contributed by atoms with Gasteiger partial charge in [-0.2, -0.15) is 4.98 Å². The van der Waals surface area contributed by atoms with E-state index < -0.39 is 55.0 Å². The Morgan fingerprint density at radius 1 is 0.945 bits per heavy atom. The van der Waals surface area contributed by atoms with Crippen molar-refractivity contribution in [1.82, 2.24) is 14.7 Å². The number of pyridine rings is 1. The minimum atomic E-state index is -4.68. The van der Waals surface area contributed by atoms with Gasteiger partial charge in [-0.3, -0.25) is 14.9 Å². The number of aromatic nitrogens is 2. The molecule has 0 unspecified atom stereocenters. The van der Waals surface area contributed by atoms with Crippen molar-refractivity contribution in [3.8, 4) is 5.88 Å². The van der Waals surface area contributed by atoms with Crippen LogP contribution in [0, 0.1) is 33.2 Å². The van der Waals surface area contributed by atoms with Crippen LogP contribution < -0.4 is 29.5 Å². The van der Waals surface area contributed by atoms with Crippen LogP contribution in [0.1, 0.15) is 100 Å². The van der Waals surface area contributed by atoms with Gasteiger partial charge in [-0.15, -0.1) is 0 Å². The number of halogens is 1. The molecule has 17 nitrogen and oxygen atoms in total. The average molecular weight is 1020 g/mol. The van der Waals surface area contributed by atoms with Crippen molar-refractivity contribution in [3.63, 3.8) is 0 Å². The number of piperidine rings is 1. The van der Waals surface area contributed by atoms with Gasteiger partial charge in [-0.05, 0) is 136 Å². The number of carbonyl (C=O) groups excluding carboxylic acids is 1. The van der Waals surface area contributed by atoms with Crippen molar-refractivity contribution in [3.05, 3.63) is 100.0 Å². The second kappa shape index (κ2) is 19.4. The monoisotopic (exact) mass is 1020 g/mol. The highest BCUT2D eigenvalue weighted by molar-refractivity contribution is 7.90. The number of nitrogens with one attached hydrogen (secondary N) is 3. The van der Waals surface area contributed by atoms with E-state index in [-0.39, 0.29) is 46.1 Å². The molecule has 2 saturated carbocycles. The standard InChI is InChI=1S/C54H65FN8O9S/c1-33(2)38-6-4-5-7-43(38)61-21-23-71-31-48(61)35-27-54(28-35)17-19-60(20-18-54)36-8-10-39(45(24-36)62-44-14-22-70-32-49(44)72-52-47(62)26-40-41(55)30-57-50(40)58-52)51(64)59-73(68,69)37-9-11-42(46(25-37)63(66)67)56-29-34-12-15-53(3,65)16-13-34/h4-11,24-26,30,33-35,44,48-49,56,65H,12-23,27-29,31-32H2,1-3H3,(H,57,58)(H,59,64)/t34?,44-,48+,49-,53?/m0/s1. The first-order chi connectivity index (χ1) is 35.1. The number of aliphatic hydroxyl groups is 1. The second-order valence-electron chi connectivity index (χ2n) is 21.9. The van der Waals surface area contributed by atoms with Crippen LogP contribution in [0.25, 0.3) is 11.0 Å². The largest absolute Gasteiger partial charge is 0.468 e. The third kappa shape index (κ3) is 9.57. The molecule has 6 aliphatic rings. The van der Waals surface area contributed by atoms with E-state index in [1.165, 1.54) is 29.6 Å². The van der Waals surface area contributed by atoms with E-state index in [0.717, 1.165) is 76.5 Å². The normalized spacial score (nSPS) is 25.2. The molecule has 5 aromatic rings. The predicted molar refractivity (Wildman–Crippen MR) is 276 cm³/mol. The van der Waals surface area contributed by atoms with Gasteiger partial charge >= 0.3 is 0 Å². The number of para-hydroxylation sites is 1. The van der Waals surface area contributed by atoms with Crippen LogP contribution >= 0.6 is 0 Å². The lowest BCUT2D eigenvalue weighted by Crippen LogP contribution is -2.57. The van der Waals surface area contributed by atoms with E-state index >= 15 is 4.39 Å². The molecule has 4 N–H and O–H groups in total. The van der Waals surface area contributed by atoms with Crippen LogP contribution in [0.3, 0.4) is 0 Å². The first-order valence-corrected chi connectivity index (χ1v) is 27.4. The van der Waals surface area contributed by atoms with Crippen LogP contribution in [0.5, 0.6) is 5.88 Å². The Labute approximate surface area is 425 Å². The number of hydrogen-bond acceptors (Lipinski definition) is 14. The number of ether oxygens (including phenoxy) is 3. The van der Waals surface area contributed by atoms with Gasteiger partial charge in [0.05, 0.1) is 64.0 Å². The Balaban J connectivity index is 0.873. The maximum Gasteiger partial charge on any atom is 0.293 e. The number of hydrogen-bond donors (Lipinski definition) is 4. The van der Waals surface area contributed by atoms with Crippen LogP contribution in [-0.2, 0) is 19.5 Å². The van der Waals surface area contributed by atoms with Crippen molar-refractivity contribution in [2.24, 2.45) is 17.3 Å². The van der Waals surface area contributed by atoms with Gasteiger partial charge in [0.1, 0.15) is 28.9 Å². The first kappa shape index (κ1) is 49.2. The van der Waals surface area contributed by atoms with E-state index in [4.69, 9.17) is 14.2 Å². The molecule has 2 aromatic heterocycles. The third-order valence-electron chi connectivity index (χ3n) is 16.8. The Morgan fingerprint density at radius 2 is 1.71 bits per heavy atom. The summed E-state index contributed by atoms with van der Waals surface area (Å²) in [4.78, 5) is 40.3. The van der Waals surface area contributed by atoms with Gasteiger partial charge in [0.15, 0.2) is 0 Å². The highest BCUT2D eigenvalue weighted by atomic mass is 32.2. The van der Waals surface area contributed by atoms with E-state index in [0.29, 0.717) is 68.3 Å². The number of nitro benzene ring substituents is 1. The van der Waals surface area contributed by atoms with E-state index in [9.17, 15) is 28.4 Å². The summed E-state index contributed by atoms with van der Waals surface area (Å²) in [5.41, 5.74) is 3.79. The molecular formula is C54H65FN8O9S. The van der Waals surface area contributed by atoms with E-state index in [1.807, 2.05) is 17.0 Å². The number of sulfonamides is 1. The molecule has 2 aliphatic carbocycles. The molecule has 5 fully saturated rings. The summed E-state index contributed by atoms with van der Waals surface area (Å²) >= 11 is 0. The number of nitro groups is 1. The lowest BCUT2D eigenvalue weighted by atomic mass is 9.55. The van der Waals surface area contributed by atoms with Gasteiger partial charge < -0.3 is 44.3 Å². The van der Waals surface area contributed by atoms with Crippen LogP contribution in [0.4, 0.5) is 38.5 Å². The number of aromatic amines is 1. The summed E-state index contributed by atoms with van der Waals surface area (Å²) < 4.78 is 64.3. The molecule has 73 heavy (non-hydrogen) atoms. The van der Waals surface area contributed by atoms with Gasteiger partial charge in [0.2, 0.25) is 5.88 Å². The second-order valence-corrected chi connectivity index (χ2v) is 23.6. The van der Waals surface area contributed by atoms with Gasteiger partial charge in [0.25, 0.3) is 21.6 Å². The van der Waals surface area contributed by atoms with Gasteiger partial charge in [-0.25, -0.2) is 17.5 Å². The number of carbonyl (C=O) groups is 1. The maximum absolute atomic E-state index is 15.3. The van der Waals surface area contributed by atoms with Crippen molar-refractivity contribution in [2.75, 3.05) is 72.6 Å². The van der Waals surface area contributed by atoms with E-state index in [2.05, 4.69) is 67.9 Å². The SMILES string of the molecule is CC(C)c1ccccc1N1CCOC[C@@H]1C1CC2(CCN(c3ccc(C(=O)NS(=O)(=O)c4ccc(NCC5CCC(C)(O)CC5)c([N+](=O)[O-])c4)c(N4c5cc6c(F)c[nH]c6nc5O[C@H]5COCC[C@@H]54)c3)CC2)C1. The summed E-state index contributed by atoms with van der Waals surface area (Å²) in [5, 5.41) is 26.1. The number of rotatable bonds is 12. The number of anilines is 5. The topological polar surface area (TPSA) is 205 Å². The third-order valence-corrected chi connectivity index (χ3v) is 18.1. The fourth-order valence-electron chi connectivity index (χ4n) is 12.6. The Morgan fingerprint density at radius 3 is 2.48 bits per heavy atom. The molecule has 4 aliphatic heterocycles. The number of H-pyrrole nitrogens is 1. The Hall–Kier alpha value is -6.02. The summed E-state index contributed by atoms with van der Waals surface area (Å²) in [6.07, 6.45) is 8.11. The number of morpholine rings is 1. The van der Waals surface area contributed by atoms with Crippen LogP contribution in [0.15, 0.2) is 77.8 Å². The summed E-state index contributed by atoms with van der Waals surface area (Å²) in [7, 11) is -4.68. The predicted octanol–water partition coefficient (Wildman–Crippen LogP) is 8.80. The smallest absolute Gasteiger partial charge is 0.293 e. The number of amides is 1. The minimum absolute atomic E-state index is 0.0212. The molecule has 0 bridgehead atoms. The summed E-state index contributed by atoms with van der Waals surface area (Å²) in [6, 6.07) is 19.2. The molecular weight excluding hydrogens is 956 g/mol. The first-order valence-electron chi connectivity index (χ1n) is 25.9. The molecule has 11 rings (SSSR count). The molecule has 3 atom stereocenters. The minimum Gasteiger partial charge on any atom is -0.468 e. The van der Waals surface area contributed by atoms with E-state index in [1.54, 1.807) is 19.1 Å². The zero-order chi connectivity index (χ0) is 50.8. The Bertz CT molecular complexity index is 3010. The quantitative estimate of drug-likeness (QED) is 0.0682. The zero-order valence-electron chi connectivity index (χ0n) is 41.6. The Kier molecular flexibility index (Phi) is 13.0. The number of nitrogens with zero attached hydrogens (tertiary/aromatic N) is 5. The fraction of sp³-hybridized carbons (Fsp3) is 0.519. The molecule has 388 valence electrons. The van der Waals surface area contributed by atoms with Crippen LogP contribution in [0.2, 0.25) is 0 Å². The molecule has 19 heteroatoms. The van der Waals surface area contributed by atoms with Crippen molar-refractivity contribution in [1.29, 1.82) is 0 Å². The van der Waals surface area contributed by atoms with Crippen molar-refractivity contribution in [2.45, 2.75) is 113 Å². The molecule has 1 amide bonds. The highest BCUT2D eigenvalue weighted by Crippen LogP contribution is 2.56. The highest BCUT2D eigenvalue weighted by Gasteiger charge is 2.50. The summed E-state index contributed by atoms with van der Waals surface area (Å²) in [6.45, 7) is 11.2. The number of benzene rings is 3. The van der Waals surface area contributed by atoms with Gasteiger partial charge in [0, 0.05) is 56.4 Å². The van der Waals surface area contributed by atoms with Crippen molar-refractivity contribution >= 4 is 61.1 Å². The average Bonchev–Trinajstić information content (AvgIpc) is 3.74. The lowest BCUT2D eigenvalue weighted by molar-refractivity contribution is -0.384. The molecule has 1 spiro atoms.